The molecule has 0 aromatic rings. The molecule has 0 aliphatic rings. The van der Waals surface area contributed by atoms with Gasteiger partial charge in [0.05, 0.1) is 12.9 Å². The van der Waals surface area contributed by atoms with Crippen LogP contribution in [0.3, 0.4) is 0 Å². The van der Waals surface area contributed by atoms with Crippen LogP contribution in [-0.2, 0) is 14.3 Å². The van der Waals surface area contributed by atoms with Crippen molar-refractivity contribution in [2.75, 3.05) is 26.5 Å². The van der Waals surface area contributed by atoms with E-state index in [1.54, 1.807) is 7.05 Å². The molecule has 0 atom stereocenters. The molecule has 5 heteroatoms. The third-order valence-corrected chi connectivity index (χ3v) is 1.46. The molecule has 0 saturated heterocycles. The normalized spacial score (nSPS) is 11.8. The van der Waals surface area contributed by atoms with Gasteiger partial charge in [-0.2, -0.15) is 8.42 Å². The number of hydrogen-bond donors (Lipinski definition) is 1. The van der Waals surface area contributed by atoms with Gasteiger partial charge in [-0.05, 0) is 20.0 Å². The summed E-state index contributed by atoms with van der Waals surface area (Å²) in [5, 5.41) is 2.88. The highest BCUT2D eigenvalue weighted by Gasteiger charge is 1.98. The van der Waals surface area contributed by atoms with Crippen LogP contribution in [0.1, 0.15) is 6.42 Å². The molecule has 0 aromatic carbocycles. The lowest BCUT2D eigenvalue weighted by molar-refractivity contribution is 0.314. The summed E-state index contributed by atoms with van der Waals surface area (Å²) in [6.07, 6.45) is 1.76. The van der Waals surface area contributed by atoms with E-state index in [9.17, 15) is 8.42 Å². The number of nitrogens with one attached hydrogen (secondary N) is 1. The smallest absolute Gasteiger partial charge is 0.264 e. The third-order valence-electron chi connectivity index (χ3n) is 0.869. The quantitative estimate of drug-likeness (QED) is 0.446. The molecule has 1 N–H and O–H groups in total. The van der Waals surface area contributed by atoms with Gasteiger partial charge in [0.2, 0.25) is 0 Å². The highest BCUT2D eigenvalue weighted by molar-refractivity contribution is 7.85. The van der Waals surface area contributed by atoms with Crippen molar-refractivity contribution in [3.63, 3.8) is 0 Å². The zero-order valence-corrected chi connectivity index (χ0v) is 7.07. The summed E-state index contributed by atoms with van der Waals surface area (Å²) in [7, 11) is -1.43. The molecule has 0 spiro atoms. The standard InChI is InChI=1S/C5H13NO3S/c1-6-4-3-5-9-10(2,7)8/h6H,3-5H2,1-2H3. The van der Waals surface area contributed by atoms with Crippen molar-refractivity contribution in [1.82, 2.24) is 5.32 Å². The fourth-order valence-corrected chi connectivity index (χ4v) is 0.880. The minimum absolute atomic E-state index is 0.264. The highest BCUT2D eigenvalue weighted by atomic mass is 32.2. The molecule has 0 radical (unpaired) electrons. The van der Waals surface area contributed by atoms with Gasteiger partial charge < -0.3 is 5.32 Å². The first kappa shape index (κ1) is 9.87. The van der Waals surface area contributed by atoms with Crippen LogP contribution in [0.15, 0.2) is 0 Å². The molecule has 4 nitrogen and oxygen atoms in total. The van der Waals surface area contributed by atoms with Crippen molar-refractivity contribution >= 4 is 10.1 Å². The Morgan fingerprint density at radius 3 is 2.50 bits per heavy atom. The molecule has 0 aliphatic carbocycles. The third kappa shape index (κ3) is 7.87. The average Bonchev–Trinajstić information content (AvgIpc) is 1.78. The summed E-state index contributed by atoms with van der Waals surface area (Å²) < 4.78 is 25.2. The van der Waals surface area contributed by atoms with E-state index in [1.165, 1.54) is 0 Å². The molecule has 0 aliphatic heterocycles. The van der Waals surface area contributed by atoms with Crippen molar-refractivity contribution < 1.29 is 12.6 Å². The summed E-state index contributed by atoms with van der Waals surface area (Å²) >= 11 is 0. The number of hydrogen-bond acceptors (Lipinski definition) is 4. The maximum absolute atomic E-state index is 10.4. The maximum Gasteiger partial charge on any atom is 0.264 e. The van der Waals surface area contributed by atoms with Crippen LogP contribution in [0.5, 0.6) is 0 Å². The van der Waals surface area contributed by atoms with E-state index < -0.39 is 10.1 Å². The van der Waals surface area contributed by atoms with Crippen molar-refractivity contribution in [1.29, 1.82) is 0 Å². The van der Waals surface area contributed by atoms with Gasteiger partial charge in [-0.15, -0.1) is 0 Å². The zero-order chi connectivity index (χ0) is 8.04. The molecule has 0 aromatic heterocycles. The first-order chi connectivity index (χ1) is 4.56. The lowest BCUT2D eigenvalue weighted by Crippen LogP contribution is -2.12. The van der Waals surface area contributed by atoms with Gasteiger partial charge in [-0.3, -0.25) is 4.18 Å². The van der Waals surface area contributed by atoms with Crippen LogP contribution in [-0.4, -0.2) is 34.9 Å². The van der Waals surface area contributed by atoms with E-state index >= 15 is 0 Å². The SMILES string of the molecule is CNCCCOS(C)(=O)=O. The van der Waals surface area contributed by atoms with E-state index in [-0.39, 0.29) is 6.61 Å². The van der Waals surface area contributed by atoms with Crippen LogP contribution >= 0.6 is 0 Å². The van der Waals surface area contributed by atoms with Crippen molar-refractivity contribution in [3.05, 3.63) is 0 Å². The van der Waals surface area contributed by atoms with Crippen LogP contribution in [0.2, 0.25) is 0 Å². The molecule has 0 heterocycles. The summed E-state index contributed by atoms with van der Waals surface area (Å²) in [6.45, 7) is 1.04. The summed E-state index contributed by atoms with van der Waals surface area (Å²) in [5.74, 6) is 0. The minimum Gasteiger partial charge on any atom is -0.320 e. The predicted molar refractivity (Wildman–Crippen MR) is 39.3 cm³/mol. The fourth-order valence-electron chi connectivity index (χ4n) is 0.459. The second kappa shape index (κ2) is 4.65. The first-order valence-electron chi connectivity index (χ1n) is 3.05. The Morgan fingerprint density at radius 1 is 1.50 bits per heavy atom. The molecular formula is C5H13NO3S. The van der Waals surface area contributed by atoms with Crippen molar-refractivity contribution in [2.24, 2.45) is 0 Å². The van der Waals surface area contributed by atoms with Crippen molar-refractivity contribution in [3.8, 4) is 0 Å². The summed E-state index contributed by atoms with van der Waals surface area (Å²) in [6, 6.07) is 0. The minimum atomic E-state index is -3.23. The van der Waals surface area contributed by atoms with Gasteiger partial charge in [0, 0.05) is 0 Å². The molecular weight excluding hydrogens is 154 g/mol. The van der Waals surface area contributed by atoms with Crippen LogP contribution in [0, 0.1) is 0 Å². The van der Waals surface area contributed by atoms with E-state index in [1.807, 2.05) is 0 Å². The van der Waals surface area contributed by atoms with E-state index in [2.05, 4.69) is 9.50 Å². The summed E-state index contributed by atoms with van der Waals surface area (Å²) in [4.78, 5) is 0. The molecule has 0 amide bonds. The molecule has 0 rings (SSSR count). The Morgan fingerprint density at radius 2 is 2.10 bits per heavy atom. The predicted octanol–water partition coefficient (Wildman–Crippen LogP) is -0.428. The monoisotopic (exact) mass is 167 g/mol. The Bertz CT molecular complexity index is 164. The van der Waals surface area contributed by atoms with Crippen LogP contribution < -0.4 is 5.32 Å². The molecule has 62 valence electrons. The lowest BCUT2D eigenvalue weighted by Gasteiger charge is -1.99. The van der Waals surface area contributed by atoms with Crippen molar-refractivity contribution in [2.45, 2.75) is 6.42 Å². The van der Waals surface area contributed by atoms with E-state index in [0.717, 1.165) is 12.8 Å². The Labute approximate surface area is 61.7 Å². The second-order valence-electron chi connectivity index (χ2n) is 1.98. The first-order valence-corrected chi connectivity index (χ1v) is 4.87. The molecule has 10 heavy (non-hydrogen) atoms. The molecule has 0 bridgehead atoms. The van der Waals surface area contributed by atoms with Crippen LogP contribution in [0.25, 0.3) is 0 Å². The molecule has 0 fully saturated rings. The Balaban J connectivity index is 3.21. The topological polar surface area (TPSA) is 55.4 Å². The van der Waals surface area contributed by atoms with Gasteiger partial charge in [0.15, 0.2) is 0 Å². The highest BCUT2D eigenvalue weighted by Crippen LogP contribution is 1.87. The largest absolute Gasteiger partial charge is 0.320 e. The van der Waals surface area contributed by atoms with Crippen LogP contribution in [0.4, 0.5) is 0 Å². The fraction of sp³-hybridized carbons (Fsp3) is 1.00. The molecule has 0 unspecified atom stereocenters. The zero-order valence-electron chi connectivity index (χ0n) is 6.25. The second-order valence-corrected chi connectivity index (χ2v) is 3.63. The van der Waals surface area contributed by atoms with Gasteiger partial charge >= 0.3 is 0 Å². The van der Waals surface area contributed by atoms with Gasteiger partial charge in [0.25, 0.3) is 10.1 Å². The average molecular weight is 167 g/mol. The van der Waals surface area contributed by atoms with Gasteiger partial charge in [-0.25, -0.2) is 0 Å². The summed E-state index contributed by atoms with van der Waals surface area (Å²) in [5.41, 5.74) is 0. The maximum atomic E-state index is 10.4. The van der Waals surface area contributed by atoms with E-state index in [0.29, 0.717) is 6.42 Å². The number of rotatable bonds is 5. The molecule has 0 saturated carbocycles. The Kier molecular flexibility index (Phi) is 4.59. The lowest BCUT2D eigenvalue weighted by atomic mass is 10.5. The Hall–Kier alpha value is -0.130. The van der Waals surface area contributed by atoms with E-state index in [4.69, 9.17) is 0 Å². The van der Waals surface area contributed by atoms with Gasteiger partial charge in [0.1, 0.15) is 0 Å². The van der Waals surface area contributed by atoms with Gasteiger partial charge in [-0.1, -0.05) is 0 Å².